The van der Waals surface area contributed by atoms with Crippen molar-refractivity contribution in [2.24, 2.45) is 11.8 Å². The number of nitrogens with zero attached hydrogens (tertiary/aromatic N) is 1. The predicted molar refractivity (Wildman–Crippen MR) is 62.9 cm³/mol. The van der Waals surface area contributed by atoms with Gasteiger partial charge in [-0.15, -0.1) is 0 Å². The predicted octanol–water partition coefficient (Wildman–Crippen LogP) is 1.44. The van der Waals surface area contributed by atoms with Crippen LogP contribution >= 0.6 is 0 Å². The van der Waals surface area contributed by atoms with Crippen molar-refractivity contribution in [2.75, 3.05) is 12.3 Å². The highest BCUT2D eigenvalue weighted by atomic mass is 16.1. The standard InChI is InChI=1S/C12H17N3O/c1-8(9-2-3-9)6-15-12(16)10-4-5-14-7-11(10)13/h4-5,7-9H,2-3,6,13H2,1H3,(H,15,16). The number of hydrogen-bond acceptors (Lipinski definition) is 3. The molecule has 1 atom stereocenters. The fourth-order valence-corrected chi connectivity index (χ4v) is 1.79. The Morgan fingerprint density at radius 1 is 1.69 bits per heavy atom. The van der Waals surface area contributed by atoms with E-state index >= 15 is 0 Å². The summed E-state index contributed by atoms with van der Waals surface area (Å²) in [6.07, 6.45) is 5.68. The zero-order chi connectivity index (χ0) is 11.5. The van der Waals surface area contributed by atoms with Crippen molar-refractivity contribution in [1.29, 1.82) is 0 Å². The number of hydrogen-bond donors (Lipinski definition) is 2. The van der Waals surface area contributed by atoms with Crippen LogP contribution in [-0.4, -0.2) is 17.4 Å². The first-order valence-electron chi connectivity index (χ1n) is 5.66. The van der Waals surface area contributed by atoms with E-state index < -0.39 is 0 Å². The first kappa shape index (κ1) is 10.9. The number of anilines is 1. The number of carbonyl (C=O) groups excluding carboxylic acids is 1. The molecule has 16 heavy (non-hydrogen) atoms. The Balaban J connectivity index is 1.90. The van der Waals surface area contributed by atoms with E-state index in [1.54, 1.807) is 12.3 Å². The van der Waals surface area contributed by atoms with E-state index in [0.717, 1.165) is 12.5 Å². The Morgan fingerprint density at radius 2 is 2.44 bits per heavy atom. The molecule has 2 rings (SSSR count). The second-order valence-corrected chi connectivity index (χ2v) is 4.49. The monoisotopic (exact) mass is 219 g/mol. The molecule has 0 saturated heterocycles. The van der Waals surface area contributed by atoms with E-state index in [9.17, 15) is 4.79 Å². The molecule has 1 amide bonds. The van der Waals surface area contributed by atoms with Gasteiger partial charge in [0.2, 0.25) is 0 Å². The molecule has 4 heteroatoms. The van der Waals surface area contributed by atoms with Gasteiger partial charge in [0.25, 0.3) is 5.91 Å². The van der Waals surface area contributed by atoms with Crippen LogP contribution in [0.4, 0.5) is 5.69 Å². The summed E-state index contributed by atoms with van der Waals surface area (Å²) in [7, 11) is 0. The number of pyridine rings is 1. The molecule has 1 aliphatic rings. The summed E-state index contributed by atoms with van der Waals surface area (Å²) >= 11 is 0. The molecule has 3 N–H and O–H groups in total. The van der Waals surface area contributed by atoms with Crippen molar-refractivity contribution < 1.29 is 4.79 Å². The summed E-state index contributed by atoms with van der Waals surface area (Å²) in [5.41, 5.74) is 6.62. The normalized spacial score (nSPS) is 16.8. The first-order chi connectivity index (χ1) is 7.68. The lowest BCUT2D eigenvalue weighted by Crippen LogP contribution is -2.29. The highest BCUT2D eigenvalue weighted by Gasteiger charge is 2.27. The van der Waals surface area contributed by atoms with Crippen molar-refractivity contribution in [3.05, 3.63) is 24.0 Å². The molecule has 1 saturated carbocycles. The third-order valence-corrected chi connectivity index (χ3v) is 3.11. The highest BCUT2D eigenvalue weighted by molar-refractivity contribution is 5.98. The molecular weight excluding hydrogens is 202 g/mol. The van der Waals surface area contributed by atoms with Crippen LogP contribution in [0.15, 0.2) is 18.5 Å². The molecule has 1 unspecified atom stereocenters. The lowest BCUT2D eigenvalue weighted by Gasteiger charge is -2.12. The second-order valence-electron chi connectivity index (χ2n) is 4.49. The van der Waals surface area contributed by atoms with Crippen molar-refractivity contribution in [3.63, 3.8) is 0 Å². The maximum absolute atomic E-state index is 11.8. The quantitative estimate of drug-likeness (QED) is 0.805. The van der Waals surface area contributed by atoms with Gasteiger partial charge in [0.15, 0.2) is 0 Å². The molecule has 0 aromatic carbocycles. The molecule has 1 aromatic rings. The van der Waals surface area contributed by atoms with Gasteiger partial charge in [0, 0.05) is 12.7 Å². The maximum atomic E-state index is 11.8. The molecule has 0 bridgehead atoms. The van der Waals surface area contributed by atoms with Crippen molar-refractivity contribution >= 4 is 11.6 Å². The van der Waals surface area contributed by atoms with Gasteiger partial charge in [-0.1, -0.05) is 6.92 Å². The van der Waals surface area contributed by atoms with Crippen LogP contribution in [0, 0.1) is 11.8 Å². The lowest BCUT2D eigenvalue weighted by atomic mass is 10.1. The van der Waals surface area contributed by atoms with Crippen LogP contribution < -0.4 is 11.1 Å². The van der Waals surface area contributed by atoms with Gasteiger partial charge >= 0.3 is 0 Å². The Bertz CT molecular complexity index is 388. The van der Waals surface area contributed by atoms with Gasteiger partial charge in [-0.25, -0.2) is 0 Å². The van der Waals surface area contributed by atoms with Crippen LogP contribution in [0.3, 0.4) is 0 Å². The minimum atomic E-state index is -0.104. The molecule has 1 fully saturated rings. The van der Waals surface area contributed by atoms with Crippen molar-refractivity contribution in [1.82, 2.24) is 10.3 Å². The van der Waals surface area contributed by atoms with Gasteiger partial charge in [0.05, 0.1) is 17.4 Å². The Morgan fingerprint density at radius 3 is 3.06 bits per heavy atom. The highest BCUT2D eigenvalue weighted by Crippen LogP contribution is 2.36. The van der Waals surface area contributed by atoms with E-state index in [1.807, 2.05) is 0 Å². The molecule has 1 heterocycles. The summed E-state index contributed by atoms with van der Waals surface area (Å²) in [6.45, 7) is 2.90. The van der Waals surface area contributed by atoms with Crippen LogP contribution in [0.2, 0.25) is 0 Å². The van der Waals surface area contributed by atoms with E-state index in [2.05, 4.69) is 17.2 Å². The van der Waals surface area contributed by atoms with E-state index in [1.165, 1.54) is 19.0 Å². The van der Waals surface area contributed by atoms with Gasteiger partial charge in [-0.05, 0) is 30.7 Å². The van der Waals surface area contributed by atoms with Crippen molar-refractivity contribution in [3.8, 4) is 0 Å². The summed E-state index contributed by atoms with van der Waals surface area (Å²) in [6, 6.07) is 1.65. The number of aromatic nitrogens is 1. The van der Waals surface area contributed by atoms with Crippen LogP contribution in [0.5, 0.6) is 0 Å². The number of nitrogens with two attached hydrogens (primary N) is 1. The number of rotatable bonds is 4. The second kappa shape index (κ2) is 4.51. The molecule has 0 spiro atoms. The zero-order valence-corrected chi connectivity index (χ0v) is 9.44. The van der Waals surface area contributed by atoms with E-state index in [4.69, 9.17) is 5.73 Å². The van der Waals surface area contributed by atoms with Crippen molar-refractivity contribution in [2.45, 2.75) is 19.8 Å². The molecular formula is C12H17N3O. The molecule has 1 aliphatic carbocycles. The number of carbonyl (C=O) groups is 1. The number of nitrogen functional groups attached to an aromatic ring is 1. The molecule has 4 nitrogen and oxygen atoms in total. The van der Waals surface area contributed by atoms with Gasteiger partial charge in [0.1, 0.15) is 0 Å². The molecule has 0 aliphatic heterocycles. The zero-order valence-electron chi connectivity index (χ0n) is 9.44. The molecule has 1 aromatic heterocycles. The number of amides is 1. The number of nitrogens with one attached hydrogen (secondary N) is 1. The summed E-state index contributed by atoms with van der Waals surface area (Å²) < 4.78 is 0. The van der Waals surface area contributed by atoms with Crippen LogP contribution in [0.25, 0.3) is 0 Å². The first-order valence-corrected chi connectivity index (χ1v) is 5.66. The van der Waals surface area contributed by atoms with Gasteiger partial charge in [-0.2, -0.15) is 0 Å². The summed E-state index contributed by atoms with van der Waals surface area (Å²) in [4.78, 5) is 15.6. The maximum Gasteiger partial charge on any atom is 0.253 e. The fourth-order valence-electron chi connectivity index (χ4n) is 1.79. The largest absolute Gasteiger partial charge is 0.397 e. The fraction of sp³-hybridized carbons (Fsp3) is 0.500. The summed E-state index contributed by atoms with van der Waals surface area (Å²) in [5.74, 6) is 1.26. The Labute approximate surface area is 95.3 Å². The average Bonchev–Trinajstić information content (AvgIpc) is 3.10. The summed E-state index contributed by atoms with van der Waals surface area (Å²) in [5, 5.41) is 2.91. The smallest absolute Gasteiger partial charge is 0.253 e. The van der Waals surface area contributed by atoms with Gasteiger partial charge in [-0.3, -0.25) is 9.78 Å². The molecule has 86 valence electrons. The minimum Gasteiger partial charge on any atom is -0.397 e. The Kier molecular flexibility index (Phi) is 3.08. The SMILES string of the molecule is CC(CNC(=O)c1ccncc1N)C1CC1. The van der Waals surface area contributed by atoms with E-state index in [0.29, 0.717) is 17.2 Å². The third kappa shape index (κ3) is 2.51. The molecule has 0 radical (unpaired) electrons. The third-order valence-electron chi connectivity index (χ3n) is 3.11. The average molecular weight is 219 g/mol. The van der Waals surface area contributed by atoms with Crippen LogP contribution in [-0.2, 0) is 0 Å². The lowest BCUT2D eigenvalue weighted by molar-refractivity contribution is 0.0947. The van der Waals surface area contributed by atoms with Crippen LogP contribution in [0.1, 0.15) is 30.1 Å². The topological polar surface area (TPSA) is 68.0 Å². The minimum absolute atomic E-state index is 0.104. The van der Waals surface area contributed by atoms with E-state index in [-0.39, 0.29) is 5.91 Å². The Hall–Kier alpha value is -1.58. The van der Waals surface area contributed by atoms with Gasteiger partial charge < -0.3 is 11.1 Å².